The zero-order chi connectivity index (χ0) is 23.2. The molecule has 3 heterocycles. The molecule has 10 heteroatoms. The van der Waals surface area contributed by atoms with Crippen LogP contribution >= 0.6 is 11.3 Å². The molecule has 0 saturated heterocycles. The second-order valence-corrected chi connectivity index (χ2v) is 7.86. The molecular weight excluding hydrogens is 442 g/mol. The molecule has 4 rings (SSSR count). The highest BCUT2D eigenvalue weighted by Gasteiger charge is 2.19. The summed E-state index contributed by atoms with van der Waals surface area (Å²) in [4.78, 5) is 21.6. The van der Waals surface area contributed by atoms with Crippen molar-refractivity contribution in [1.29, 1.82) is 0 Å². The molecule has 0 aliphatic rings. The number of aromatic nitrogens is 4. The SMILES string of the molecule is COc1cc(-c2ccccc2OC)c(C(=O)Nc2nnc(OCc3ccc(C)cn3)s2)cn1. The number of nitrogens with one attached hydrogen (secondary N) is 1. The van der Waals surface area contributed by atoms with Gasteiger partial charge in [0.15, 0.2) is 0 Å². The van der Waals surface area contributed by atoms with E-state index in [9.17, 15) is 4.79 Å². The average molecular weight is 464 g/mol. The van der Waals surface area contributed by atoms with Crippen LogP contribution in [0, 0.1) is 6.92 Å². The Hall–Kier alpha value is -4.05. The first-order chi connectivity index (χ1) is 16.1. The molecule has 0 fully saturated rings. The van der Waals surface area contributed by atoms with Gasteiger partial charge in [-0.1, -0.05) is 29.4 Å². The number of hydrogen-bond acceptors (Lipinski definition) is 9. The Morgan fingerprint density at radius 1 is 1.00 bits per heavy atom. The summed E-state index contributed by atoms with van der Waals surface area (Å²) in [6.07, 6.45) is 3.23. The van der Waals surface area contributed by atoms with E-state index in [1.54, 1.807) is 19.4 Å². The van der Waals surface area contributed by atoms with Gasteiger partial charge in [0.2, 0.25) is 11.0 Å². The van der Waals surface area contributed by atoms with E-state index in [-0.39, 0.29) is 6.61 Å². The van der Waals surface area contributed by atoms with Crippen LogP contribution in [0.25, 0.3) is 11.1 Å². The van der Waals surface area contributed by atoms with Gasteiger partial charge in [-0.15, -0.1) is 5.10 Å². The normalized spacial score (nSPS) is 10.5. The first kappa shape index (κ1) is 22.2. The Kier molecular flexibility index (Phi) is 6.75. The van der Waals surface area contributed by atoms with E-state index in [1.165, 1.54) is 13.3 Å². The summed E-state index contributed by atoms with van der Waals surface area (Å²) in [7, 11) is 3.09. The Morgan fingerprint density at radius 3 is 2.61 bits per heavy atom. The molecule has 0 atom stereocenters. The largest absolute Gasteiger partial charge is 0.496 e. The molecule has 1 aromatic carbocycles. The van der Waals surface area contributed by atoms with Crippen LogP contribution in [0.1, 0.15) is 21.6 Å². The van der Waals surface area contributed by atoms with Crippen molar-refractivity contribution in [3.63, 3.8) is 0 Å². The molecular formula is C23H21N5O4S. The van der Waals surface area contributed by atoms with Crippen LogP contribution in [0.4, 0.5) is 5.13 Å². The van der Waals surface area contributed by atoms with E-state index in [2.05, 4.69) is 25.5 Å². The van der Waals surface area contributed by atoms with Crippen LogP contribution in [0.5, 0.6) is 16.8 Å². The third-order valence-corrected chi connectivity index (χ3v) is 5.42. The molecule has 0 unspecified atom stereocenters. The number of para-hydroxylation sites is 1. The van der Waals surface area contributed by atoms with Crippen LogP contribution < -0.4 is 19.5 Å². The number of carbonyl (C=O) groups excluding carboxylic acids is 1. The molecule has 9 nitrogen and oxygen atoms in total. The van der Waals surface area contributed by atoms with E-state index in [0.29, 0.717) is 33.1 Å². The molecule has 3 aromatic heterocycles. The molecule has 1 amide bonds. The number of benzene rings is 1. The Bertz CT molecular complexity index is 1260. The Morgan fingerprint density at radius 2 is 1.85 bits per heavy atom. The van der Waals surface area contributed by atoms with Crippen LogP contribution in [0.3, 0.4) is 0 Å². The molecule has 0 radical (unpaired) electrons. The highest BCUT2D eigenvalue weighted by molar-refractivity contribution is 7.17. The smallest absolute Gasteiger partial charge is 0.296 e. The number of amides is 1. The highest BCUT2D eigenvalue weighted by atomic mass is 32.1. The Balaban J connectivity index is 1.52. The fraction of sp³-hybridized carbons (Fsp3) is 0.174. The summed E-state index contributed by atoms with van der Waals surface area (Å²) < 4.78 is 16.4. The first-order valence-corrected chi connectivity index (χ1v) is 10.8. The lowest BCUT2D eigenvalue weighted by Crippen LogP contribution is -2.14. The van der Waals surface area contributed by atoms with Gasteiger partial charge in [0, 0.05) is 29.6 Å². The molecule has 0 saturated carbocycles. The molecule has 168 valence electrons. The van der Waals surface area contributed by atoms with Crippen molar-refractivity contribution < 1.29 is 19.0 Å². The number of methoxy groups -OCH3 is 2. The van der Waals surface area contributed by atoms with Gasteiger partial charge in [-0.05, 0) is 36.0 Å². The van der Waals surface area contributed by atoms with Gasteiger partial charge in [0.1, 0.15) is 12.4 Å². The molecule has 4 aromatic rings. The summed E-state index contributed by atoms with van der Waals surface area (Å²) in [6.45, 7) is 2.22. The standard InChI is InChI=1S/C23H21N5O4S/c1-14-8-9-15(24-11-14)13-32-23-28-27-22(33-23)26-21(29)18-12-25-20(31-3)10-17(18)16-6-4-5-7-19(16)30-2/h4-12H,13H2,1-3H3,(H,26,27,29). The van der Waals surface area contributed by atoms with Crippen LogP contribution in [-0.2, 0) is 6.61 Å². The van der Waals surface area contributed by atoms with Gasteiger partial charge in [0.05, 0.1) is 25.5 Å². The number of aryl methyl sites for hydroxylation is 1. The van der Waals surface area contributed by atoms with Crippen molar-refractivity contribution in [2.24, 2.45) is 0 Å². The van der Waals surface area contributed by atoms with Gasteiger partial charge in [-0.3, -0.25) is 15.1 Å². The third kappa shape index (κ3) is 5.24. The molecule has 33 heavy (non-hydrogen) atoms. The lowest BCUT2D eigenvalue weighted by atomic mass is 10.00. The summed E-state index contributed by atoms with van der Waals surface area (Å²) in [5, 5.41) is 11.4. The van der Waals surface area contributed by atoms with E-state index >= 15 is 0 Å². The summed E-state index contributed by atoms with van der Waals surface area (Å²) in [6, 6.07) is 12.9. The fourth-order valence-electron chi connectivity index (χ4n) is 3.02. The predicted molar refractivity (Wildman–Crippen MR) is 124 cm³/mol. The number of hydrogen-bond donors (Lipinski definition) is 1. The maximum atomic E-state index is 13.1. The number of carbonyl (C=O) groups is 1. The number of ether oxygens (including phenoxy) is 3. The van der Waals surface area contributed by atoms with E-state index < -0.39 is 5.91 Å². The fourth-order valence-corrected chi connectivity index (χ4v) is 3.61. The lowest BCUT2D eigenvalue weighted by molar-refractivity contribution is 0.102. The van der Waals surface area contributed by atoms with Crippen molar-refractivity contribution in [3.05, 3.63) is 71.7 Å². The zero-order valence-electron chi connectivity index (χ0n) is 18.2. The molecule has 0 spiro atoms. The van der Waals surface area contributed by atoms with Crippen molar-refractivity contribution >= 4 is 22.4 Å². The summed E-state index contributed by atoms with van der Waals surface area (Å²) >= 11 is 1.12. The highest BCUT2D eigenvalue weighted by Crippen LogP contribution is 2.34. The van der Waals surface area contributed by atoms with Gasteiger partial charge < -0.3 is 14.2 Å². The third-order valence-electron chi connectivity index (χ3n) is 4.67. The number of nitrogens with zero attached hydrogens (tertiary/aromatic N) is 4. The van der Waals surface area contributed by atoms with Gasteiger partial charge in [0.25, 0.3) is 11.1 Å². The quantitative estimate of drug-likeness (QED) is 0.415. The zero-order valence-corrected chi connectivity index (χ0v) is 19.0. The van der Waals surface area contributed by atoms with E-state index in [0.717, 1.165) is 28.2 Å². The minimum absolute atomic E-state index is 0.253. The van der Waals surface area contributed by atoms with Gasteiger partial charge in [-0.2, -0.15) is 0 Å². The van der Waals surface area contributed by atoms with Gasteiger partial charge in [-0.25, -0.2) is 4.98 Å². The van der Waals surface area contributed by atoms with Crippen molar-refractivity contribution in [2.75, 3.05) is 19.5 Å². The molecule has 1 N–H and O–H groups in total. The molecule has 0 bridgehead atoms. The minimum Gasteiger partial charge on any atom is -0.496 e. The number of rotatable bonds is 8. The van der Waals surface area contributed by atoms with Crippen molar-refractivity contribution in [2.45, 2.75) is 13.5 Å². The molecule has 0 aliphatic heterocycles. The first-order valence-electron chi connectivity index (χ1n) is 9.94. The minimum atomic E-state index is -0.394. The van der Waals surface area contributed by atoms with Crippen LogP contribution in [0.2, 0.25) is 0 Å². The van der Waals surface area contributed by atoms with Crippen molar-refractivity contribution in [3.8, 4) is 28.0 Å². The lowest BCUT2D eigenvalue weighted by Gasteiger charge is -2.13. The van der Waals surface area contributed by atoms with Crippen LogP contribution in [-0.4, -0.2) is 40.3 Å². The molecule has 0 aliphatic carbocycles. The summed E-state index contributed by atoms with van der Waals surface area (Å²) in [5.74, 6) is 0.605. The average Bonchev–Trinajstić information content (AvgIpc) is 3.30. The van der Waals surface area contributed by atoms with E-state index in [1.807, 2.05) is 43.3 Å². The monoisotopic (exact) mass is 463 g/mol. The predicted octanol–water partition coefficient (Wildman–Crippen LogP) is 4.15. The Labute approximate surface area is 194 Å². The number of pyridine rings is 2. The maximum Gasteiger partial charge on any atom is 0.296 e. The second-order valence-electron chi connectivity index (χ2n) is 6.92. The maximum absolute atomic E-state index is 13.1. The van der Waals surface area contributed by atoms with Crippen LogP contribution in [0.15, 0.2) is 54.9 Å². The van der Waals surface area contributed by atoms with E-state index in [4.69, 9.17) is 14.2 Å². The summed E-state index contributed by atoms with van der Waals surface area (Å²) in [5.41, 5.74) is 3.52. The van der Waals surface area contributed by atoms with Gasteiger partial charge >= 0.3 is 0 Å². The number of anilines is 1. The second kappa shape index (κ2) is 10.0. The topological polar surface area (TPSA) is 108 Å². The van der Waals surface area contributed by atoms with Crippen molar-refractivity contribution in [1.82, 2.24) is 20.2 Å².